The van der Waals surface area contributed by atoms with Crippen LogP contribution in [0.1, 0.15) is 63.9 Å². The second kappa shape index (κ2) is 14.1. The Balaban J connectivity index is 1.48. The SMILES string of the molecule is CC1=CC=C(C(=O)Nc2cccnc2C(=O)Nc2ccc(Cl)cn2)C(O[C@H]2CC[C@H](NC(=O)OC(C)(C)C)CC2)C1=S(=O)=O. The van der Waals surface area contributed by atoms with Gasteiger partial charge in [0.2, 0.25) is 10.3 Å². The highest BCUT2D eigenvalue weighted by Crippen LogP contribution is 2.29. The summed E-state index contributed by atoms with van der Waals surface area (Å²) in [5, 5.41) is 8.56. The Kier molecular flexibility index (Phi) is 10.6. The van der Waals surface area contributed by atoms with Gasteiger partial charge in [0.1, 0.15) is 22.4 Å². The Morgan fingerprint density at radius 2 is 1.70 bits per heavy atom. The number of carbonyl (C=O) groups excluding carboxylic acids is 3. The molecule has 2 aromatic rings. The van der Waals surface area contributed by atoms with Crippen LogP contribution in [0.4, 0.5) is 16.3 Å². The summed E-state index contributed by atoms with van der Waals surface area (Å²) in [6.07, 6.45) is 6.00. The molecule has 2 heterocycles. The number of nitrogens with zero attached hydrogens (tertiary/aromatic N) is 2. The zero-order valence-electron chi connectivity index (χ0n) is 24.7. The number of nitrogens with one attached hydrogen (secondary N) is 3. The number of allylic oxidation sites excluding steroid dienone is 2. The summed E-state index contributed by atoms with van der Waals surface area (Å²) in [7, 11) is -2.67. The van der Waals surface area contributed by atoms with Crippen LogP contribution in [0.5, 0.6) is 0 Å². The van der Waals surface area contributed by atoms with Crippen molar-refractivity contribution in [3.05, 3.63) is 70.7 Å². The molecular weight excluding hydrogens is 610 g/mol. The predicted octanol–water partition coefficient (Wildman–Crippen LogP) is 4.48. The van der Waals surface area contributed by atoms with Gasteiger partial charge in [-0.05, 0) is 83.2 Å². The van der Waals surface area contributed by atoms with Crippen LogP contribution < -0.4 is 16.0 Å². The molecule has 2 aliphatic carbocycles. The van der Waals surface area contributed by atoms with Crippen molar-refractivity contribution in [2.45, 2.75) is 77.2 Å². The Hall–Kier alpha value is -4.07. The number of anilines is 2. The van der Waals surface area contributed by atoms with E-state index in [0.717, 1.165) is 0 Å². The molecule has 0 aliphatic heterocycles. The highest BCUT2D eigenvalue weighted by molar-refractivity contribution is 7.73. The molecule has 0 saturated heterocycles. The molecule has 1 fully saturated rings. The van der Waals surface area contributed by atoms with E-state index in [1.54, 1.807) is 39.8 Å². The lowest BCUT2D eigenvalue weighted by Crippen LogP contribution is -2.44. The maximum atomic E-state index is 13.6. The lowest BCUT2D eigenvalue weighted by molar-refractivity contribution is -0.114. The minimum atomic E-state index is -2.67. The predicted molar refractivity (Wildman–Crippen MR) is 166 cm³/mol. The largest absolute Gasteiger partial charge is 0.444 e. The quantitative estimate of drug-likeness (QED) is 0.369. The minimum Gasteiger partial charge on any atom is -0.444 e. The fraction of sp³-hybridized carbons (Fsp3) is 0.400. The number of amides is 3. The van der Waals surface area contributed by atoms with Gasteiger partial charge in [-0.15, -0.1) is 0 Å². The first-order chi connectivity index (χ1) is 20.8. The van der Waals surface area contributed by atoms with Crippen molar-refractivity contribution in [1.29, 1.82) is 0 Å². The summed E-state index contributed by atoms with van der Waals surface area (Å²) in [5.74, 6) is -1.05. The molecule has 0 bridgehead atoms. The lowest BCUT2D eigenvalue weighted by atomic mass is 9.91. The third-order valence-corrected chi connectivity index (χ3v) is 7.95. The first-order valence-corrected chi connectivity index (χ1v) is 15.4. The van der Waals surface area contributed by atoms with Gasteiger partial charge in [0.25, 0.3) is 11.8 Å². The van der Waals surface area contributed by atoms with Crippen LogP contribution in [0.15, 0.2) is 60.0 Å². The van der Waals surface area contributed by atoms with E-state index in [9.17, 15) is 22.8 Å². The van der Waals surface area contributed by atoms with Crippen molar-refractivity contribution in [3.8, 4) is 0 Å². The van der Waals surface area contributed by atoms with Gasteiger partial charge < -0.3 is 25.4 Å². The Morgan fingerprint density at radius 1 is 0.977 bits per heavy atom. The monoisotopic (exact) mass is 643 g/mol. The summed E-state index contributed by atoms with van der Waals surface area (Å²) in [4.78, 5) is 46.9. The molecule has 12 nitrogen and oxygen atoms in total. The molecule has 0 radical (unpaired) electrons. The lowest BCUT2D eigenvalue weighted by Gasteiger charge is -2.33. The van der Waals surface area contributed by atoms with E-state index in [1.165, 1.54) is 36.7 Å². The van der Waals surface area contributed by atoms with Crippen LogP contribution in [0.3, 0.4) is 0 Å². The molecule has 3 N–H and O–H groups in total. The number of halogens is 1. The molecule has 1 unspecified atom stereocenters. The van der Waals surface area contributed by atoms with Crippen LogP contribution in [0.25, 0.3) is 0 Å². The summed E-state index contributed by atoms with van der Waals surface area (Å²) in [6, 6.07) is 6.02. The third kappa shape index (κ3) is 8.74. The second-order valence-corrected chi connectivity index (χ2v) is 12.7. The normalized spacial score (nSPS) is 20.1. The third-order valence-electron chi connectivity index (χ3n) is 6.83. The Morgan fingerprint density at radius 3 is 2.34 bits per heavy atom. The molecule has 1 saturated carbocycles. The van der Waals surface area contributed by atoms with Crippen molar-refractivity contribution >= 4 is 56.2 Å². The van der Waals surface area contributed by atoms with E-state index in [1.807, 2.05) is 0 Å². The number of ether oxygens (including phenoxy) is 2. The average Bonchev–Trinajstić information content (AvgIpc) is 2.94. The minimum absolute atomic E-state index is 0.0513. The maximum Gasteiger partial charge on any atom is 0.407 e. The Bertz CT molecular complexity index is 1620. The average molecular weight is 644 g/mol. The molecule has 2 aliphatic rings. The van der Waals surface area contributed by atoms with Crippen molar-refractivity contribution in [3.63, 3.8) is 0 Å². The van der Waals surface area contributed by atoms with Gasteiger partial charge in [-0.25, -0.2) is 14.8 Å². The van der Waals surface area contributed by atoms with E-state index in [4.69, 9.17) is 21.1 Å². The number of carbonyl (C=O) groups is 3. The van der Waals surface area contributed by atoms with Crippen LogP contribution >= 0.6 is 11.6 Å². The van der Waals surface area contributed by atoms with Gasteiger partial charge in [-0.2, -0.15) is 8.42 Å². The van der Waals surface area contributed by atoms with Gasteiger partial charge in [0, 0.05) is 18.4 Å². The van der Waals surface area contributed by atoms with Crippen LogP contribution in [0.2, 0.25) is 5.02 Å². The molecule has 44 heavy (non-hydrogen) atoms. The number of aromatic nitrogens is 2. The van der Waals surface area contributed by atoms with Gasteiger partial charge in [-0.3, -0.25) is 9.59 Å². The highest BCUT2D eigenvalue weighted by atomic mass is 35.5. The summed E-state index contributed by atoms with van der Waals surface area (Å²) in [5.41, 5.74) is -0.0938. The molecule has 14 heteroatoms. The van der Waals surface area contributed by atoms with Crippen LogP contribution in [-0.4, -0.2) is 65.0 Å². The van der Waals surface area contributed by atoms with E-state index < -0.39 is 39.9 Å². The van der Waals surface area contributed by atoms with E-state index in [2.05, 4.69) is 25.9 Å². The van der Waals surface area contributed by atoms with Crippen molar-refractivity contribution < 1.29 is 32.3 Å². The molecular formula is C30H34ClN5O7S. The molecule has 234 valence electrons. The standard InChI is InChI=1S/C30H34ClN5O7S/c1-17-7-13-21(27(37)35-22-6-5-15-32-24(22)28(38)36-23-14-8-18(31)16-33-23)25(26(17)44(40)41)42-20-11-9-19(10-12-20)34-29(39)43-30(2,3)4/h5-8,13-16,19-20,25H,9-12H2,1-4H3,(H,34,39)(H,35,37)(H,33,36,38)/t19-,20-,25?. The Labute approximate surface area is 261 Å². The fourth-order valence-electron chi connectivity index (χ4n) is 4.80. The van der Waals surface area contributed by atoms with Crippen molar-refractivity contribution in [1.82, 2.24) is 15.3 Å². The fourth-order valence-corrected chi connectivity index (χ4v) is 5.60. The number of alkyl carbamates (subject to hydrolysis) is 1. The van der Waals surface area contributed by atoms with Crippen molar-refractivity contribution in [2.75, 3.05) is 10.6 Å². The van der Waals surface area contributed by atoms with E-state index in [-0.39, 0.29) is 39.8 Å². The topological polar surface area (TPSA) is 166 Å². The number of rotatable bonds is 7. The first kappa shape index (κ1) is 32.8. The molecule has 1 atom stereocenters. The smallest absolute Gasteiger partial charge is 0.407 e. The molecule has 0 spiro atoms. The number of pyridine rings is 2. The summed E-state index contributed by atoms with van der Waals surface area (Å²) >= 11 is 5.86. The number of hydrogen-bond donors (Lipinski definition) is 3. The van der Waals surface area contributed by atoms with Gasteiger partial charge >= 0.3 is 6.09 Å². The van der Waals surface area contributed by atoms with Crippen LogP contribution in [-0.2, 0) is 24.6 Å². The first-order valence-electron chi connectivity index (χ1n) is 14.0. The molecule has 2 aromatic heterocycles. The van der Waals surface area contributed by atoms with Gasteiger partial charge in [0.05, 0.1) is 22.4 Å². The van der Waals surface area contributed by atoms with Gasteiger partial charge in [0.15, 0.2) is 5.69 Å². The van der Waals surface area contributed by atoms with Gasteiger partial charge in [-0.1, -0.05) is 23.8 Å². The van der Waals surface area contributed by atoms with Crippen molar-refractivity contribution in [2.24, 2.45) is 0 Å². The second-order valence-electron chi connectivity index (χ2n) is 11.4. The molecule has 4 rings (SSSR count). The molecule has 0 aromatic carbocycles. The van der Waals surface area contributed by atoms with E-state index in [0.29, 0.717) is 36.3 Å². The zero-order chi connectivity index (χ0) is 32.0. The van der Waals surface area contributed by atoms with Crippen LogP contribution in [0, 0.1) is 0 Å². The zero-order valence-corrected chi connectivity index (χ0v) is 26.3. The summed E-state index contributed by atoms with van der Waals surface area (Å²) in [6.45, 7) is 6.99. The van der Waals surface area contributed by atoms with E-state index >= 15 is 0 Å². The highest BCUT2D eigenvalue weighted by Gasteiger charge is 2.35. The molecule has 3 amide bonds. The maximum absolute atomic E-state index is 13.6. The summed E-state index contributed by atoms with van der Waals surface area (Å²) < 4.78 is 36.3. The number of hydrogen-bond acceptors (Lipinski definition) is 9.